The molecule has 1 aliphatic rings. The van der Waals surface area contributed by atoms with Gasteiger partial charge >= 0.3 is 0 Å². The molecule has 1 amide bonds. The predicted molar refractivity (Wildman–Crippen MR) is 77.5 cm³/mol. The summed E-state index contributed by atoms with van der Waals surface area (Å²) in [6, 6.07) is 1.54. The maximum absolute atomic E-state index is 11.6. The number of hydrogen-bond acceptors (Lipinski definition) is 5. The molecule has 1 atom stereocenters. The molecule has 0 aromatic carbocycles. The zero-order valence-corrected chi connectivity index (χ0v) is 12.6. The zero-order chi connectivity index (χ0) is 14.7. The SMILES string of the molecule is CCC(=O)N1CCC(Nc2ncc([N+](=O)[O-])cc2Br)C1. The molecule has 1 unspecified atom stereocenters. The maximum Gasteiger partial charge on any atom is 0.288 e. The Hall–Kier alpha value is -1.70. The molecule has 2 rings (SSSR count). The quantitative estimate of drug-likeness (QED) is 0.669. The Kier molecular flexibility index (Phi) is 4.53. The number of hydrogen-bond donors (Lipinski definition) is 1. The van der Waals surface area contributed by atoms with E-state index in [1.54, 1.807) is 0 Å². The fourth-order valence-corrected chi connectivity index (χ4v) is 2.61. The van der Waals surface area contributed by atoms with E-state index >= 15 is 0 Å². The summed E-state index contributed by atoms with van der Waals surface area (Å²) in [6.45, 7) is 3.21. The first-order chi connectivity index (χ1) is 9.51. The van der Waals surface area contributed by atoms with E-state index in [-0.39, 0.29) is 17.6 Å². The van der Waals surface area contributed by atoms with Crippen molar-refractivity contribution in [3.63, 3.8) is 0 Å². The lowest BCUT2D eigenvalue weighted by Gasteiger charge is -2.17. The number of rotatable bonds is 4. The topological polar surface area (TPSA) is 88.4 Å². The van der Waals surface area contributed by atoms with Crippen LogP contribution in [-0.2, 0) is 4.79 Å². The van der Waals surface area contributed by atoms with Crippen LogP contribution in [0.15, 0.2) is 16.7 Å². The fraction of sp³-hybridized carbons (Fsp3) is 0.500. The van der Waals surface area contributed by atoms with Gasteiger partial charge in [0.2, 0.25) is 5.91 Å². The third-order valence-corrected chi connectivity index (χ3v) is 3.83. The minimum atomic E-state index is -0.487. The monoisotopic (exact) mass is 342 g/mol. The summed E-state index contributed by atoms with van der Waals surface area (Å²) in [5.74, 6) is 0.705. The third-order valence-electron chi connectivity index (χ3n) is 3.22. The second-order valence-corrected chi connectivity index (χ2v) is 5.46. The molecule has 0 aliphatic carbocycles. The molecular formula is C12H15BrN4O3. The van der Waals surface area contributed by atoms with E-state index in [9.17, 15) is 14.9 Å². The first-order valence-electron chi connectivity index (χ1n) is 6.35. The van der Waals surface area contributed by atoms with Crippen LogP contribution in [0.3, 0.4) is 0 Å². The van der Waals surface area contributed by atoms with Gasteiger partial charge in [0.15, 0.2) is 0 Å². The third kappa shape index (κ3) is 3.24. The maximum atomic E-state index is 11.6. The Labute approximate surface area is 124 Å². The van der Waals surface area contributed by atoms with Gasteiger partial charge in [0.25, 0.3) is 5.69 Å². The van der Waals surface area contributed by atoms with Crippen LogP contribution < -0.4 is 5.32 Å². The number of anilines is 1. The summed E-state index contributed by atoms with van der Waals surface area (Å²) in [5.41, 5.74) is -0.0587. The van der Waals surface area contributed by atoms with Crippen molar-refractivity contribution in [2.45, 2.75) is 25.8 Å². The van der Waals surface area contributed by atoms with Crippen LogP contribution in [0.5, 0.6) is 0 Å². The van der Waals surface area contributed by atoms with Crippen LogP contribution in [0, 0.1) is 10.1 Å². The zero-order valence-electron chi connectivity index (χ0n) is 11.0. The second kappa shape index (κ2) is 6.17. The number of carbonyl (C=O) groups is 1. The molecule has 108 valence electrons. The first kappa shape index (κ1) is 14.7. The fourth-order valence-electron chi connectivity index (χ4n) is 2.16. The highest BCUT2D eigenvalue weighted by Gasteiger charge is 2.26. The van der Waals surface area contributed by atoms with Crippen molar-refractivity contribution >= 4 is 33.3 Å². The minimum absolute atomic E-state index is 0.0587. The van der Waals surface area contributed by atoms with E-state index in [1.807, 2.05) is 11.8 Å². The number of aromatic nitrogens is 1. The molecule has 0 saturated carbocycles. The summed E-state index contributed by atoms with van der Waals surface area (Å²) in [5, 5.41) is 13.8. The molecule has 1 aromatic rings. The Morgan fingerprint density at radius 3 is 3.05 bits per heavy atom. The van der Waals surface area contributed by atoms with E-state index in [4.69, 9.17) is 0 Å². The van der Waals surface area contributed by atoms with E-state index in [2.05, 4.69) is 26.2 Å². The van der Waals surface area contributed by atoms with Crippen molar-refractivity contribution in [1.82, 2.24) is 9.88 Å². The van der Waals surface area contributed by atoms with Crippen LogP contribution in [0.1, 0.15) is 19.8 Å². The van der Waals surface area contributed by atoms with E-state index in [0.29, 0.717) is 23.3 Å². The van der Waals surface area contributed by atoms with Gasteiger partial charge in [-0.25, -0.2) is 4.98 Å². The molecule has 1 aliphatic heterocycles. The van der Waals surface area contributed by atoms with Gasteiger partial charge in [-0.05, 0) is 22.4 Å². The number of amides is 1. The number of nitro groups is 1. The van der Waals surface area contributed by atoms with Crippen LogP contribution >= 0.6 is 15.9 Å². The van der Waals surface area contributed by atoms with Gasteiger partial charge in [0.1, 0.15) is 12.0 Å². The number of halogens is 1. The van der Waals surface area contributed by atoms with Crippen molar-refractivity contribution in [2.24, 2.45) is 0 Å². The van der Waals surface area contributed by atoms with Crippen LogP contribution in [0.25, 0.3) is 0 Å². The van der Waals surface area contributed by atoms with Gasteiger partial charge in [-0.1, -0.05) is 6.92 Å². The van der Waals surface area contributed by atoms with Crippen molar-refractivity contribution in [2.75, 3.05) is 18.4 Å². The molecule has 2 heterocycles. The predicted octanol–water partition coefficient (Wildman–Crippen LogP) is 2.18. The van der Waals surface area contributed by atoms with Gasteiger partial charge in [-0.2, -0.15) is 0 Å². The van der Waals surface area contributed by atoms with E-state index in [0.717, 1.165) is 13.0 Å². The van der Waals surface area contributed by atoms with Crippen molar-refractivity contribution in [1.29, 1.82) is 0 Å². The molecule has 1 fully saturated rings. The Morgan fingerprint density at radius 2 is 2.45 bits per heavy atom. The molecule has 0 bridgehead atoms. The highest BCUT2D eigenvalue weighted by atomic mass is 79.9. The van der Waals surface area contributed by atoms with Gasteiger partial charge < -0.3 is 10.2 Å². The average molecular weight is 343 g/mol. The number of nitrogens with zero attached hydrogens (tertiary/aromatic N) is 3. The Balaban J connectivity index is 2.01. The van der Waals surface area contributed by atoms with E-state index < -0.39 is 4.92 Å². The van der Waals surface area contributed by atoms with Crippen LogP contribution in [0.4, 0.5) is 11.5 Å². The van der Waals surface area contributed by atoms with Crippen LogP contribution in [-0.4, -0.2) is 39.8 Å². The second-order valence-electron chi connectivity index (χ2n) is 4.60. The lowest BCUT2D eigenvalue weighted by atomic mass is 10.2. The lowest BCUT2D eigenvalue weighted by Crippen LogP contribution is -2.31. The molecular weight excluding hydrogens is 328 g/mol. The first-order valence-corrected chi connectivity index (χ1v) is 7.14. The van der Waals surface area contributed by atoms with Crippen LogP contribution in [0.2, 0.25) is 0 Å². The van der Waals surface area contributed by atoms with Crippen molar-refractivity contribution in [3.05, 3.63) is 26.9 Å². The Morgan fingerprint density at radius 1 is 1.70 bits per heavy atom. The molecule has 1 N–H and O–H groups in total. The molecule has 0 radical (unpaired) electrons. The summed E-state index contributed by atoms with van der Waals surface area (Å²) < 4.78 is 0.548. The number of carbonyl (C=O) groups excluding carboxylic acids is 1. The van der Waals surface area contributed by atoms with E-state index in [1.165, 1.54) is 12.3 Å². The number of likely N-dealkylation sites (tertiary alicyclic amines) is 1. The summed E-state index contributed by atoms with van der Waals surface area (Å²) in [7, 11) is 0. The molecule has 8 heteroatoms. The Bertz CT molecular complexity index is 537. The average Bonchev–Trinajstić information content (AvgIpc) is 2.88. The van der Waals surface area contributed by atoms with Gasteiger partial charge in [-0.15, -0.1) is 0 Å². The van der Waals surface area contributed by atoms with Gasteiger partial charge in [0, 0.05) is 31.6 Å². The van der Waals surface area contributed by atoms with Crippen molar-refractivity contribution in [3.8, 4) is 0 Å². The smallest absolute Gasteiger partial charge is 0.288 e. The molecule has 1 saturated heterocycles. The number of nitrogens with one attached hydrogen (secondary N) is 1. The highest BCUT2D eigenvalue weighted by molar-refractivity contribution is 9.10. The number of pyridine rings is 1. The summed E-state index contributed by atoms with van der Waals surface area (Å²) >= 11 is 3.27. The molecule has 7 nitrogen and oxygen atoms in total. The molecule has 1 aromatic heterocycles. The summed E-state index contributed by atoms with van der Waals surface area (Å²) in [4.78, 5) is 27.6. The molecule has 0 spiro atoms. The largest absolute Gasteiger partial charge is 0.365 e. The minimum Gasteiger partial charge on any atom is -0.365 e. The van der Waals surface area contributed by atoms with Gasteiger partial charge in [0.05, 0.1) is 9.40 Å². The van der Waals surface area contributed by atoms with Crippen molar-refractivity contribution < 1.29 is 9.72 Å². The normalized spacial score (nSPS) is 18.1. The highest BCUT2D eigenvalue weighted by Crippen LogP contribution is 2.26. The lowest BCUT2D eigenvalue weighted by molar-refractivity contribution is -0.385. The molecule has 20 heavy (non-hydrogen) atoms. The standard InChI is InChI=1S/C12H15BrN4O3/c1-2-11(18)16-4-3-8(7-16)15-12-10(13)5-9(6-14-12)17(19)20/h5-6,8H,2-4,7H2,1H3,(H,14,15). The summed E-state index contributed by atoms with van der Waals surface area (Å²) in [6.07, 6.45) is 2.57. The van der Waals surface area contributed by atoms with Gasteiger partial charge in [-0.3, -0.25) is 14.9 Å².